The summed E-state index contributed by atoms with van der Waals surface area (Å²) in [6, 6.07) is 2.84. The molecular weight excluding hydrogens is 392 g/mol. The van der Waals surface area contributed by atoms with Gasteiger partial charge >= 0.3 is 0 Å². The van der Waals surface area contributed by atoms with Crippen molar-refractivity contribution in [2.45, 2.75) is 64.3 Å². The van der Waals surface area contributed by atoms with Gasteiger partial charge in [-0.25, -0.2) is 0 Å². The van der Waals surface area contributed by atoms with Gasteiger partial charge in [0.05, 0.1) is 24.4 Å². The third-order valence-corrected chi connectivity index (χ3v) is 8.11. The molecule has 8 heteroatoms. The Balaban J connectivity index is 1.42. The van der Waals surface area contributed by atoms with Gasteiger partial charge in [-0.1, -0.05) is 12.1 Å². The molecule has 0 N–H and O–H groups in total. The molecule has 0 saturated carbocycles. The Kier molecular flexibility index (Phi) is 6.01. The Labute approximate surface area is 173 Å². The fourth-order valence-corrected chi connectivity index (χ4v) is 6.08. The van der Waals surface area contributed by atoms with Gasteiger partial charge in [0, 0.05) is 64.3 Å². The molecule has 0 radical (unpaired) electrons. The summed E-state index contributed by atoms with van der Waals surface area (Å²) in [5, 5.41) is 8.51. The second-order valence-electron chi connectivity index (χ2n) is 8.02. The average Bonchev–Trinajstić information content (AvgIpc) is 3.30. The van der Waals surface area contributed by atoms with Crippen molar-refractivity contribution in [3.8, 4) is 0 Å². The molecule has 28 heavy (non-hydrogen) atoms. The predicted octanol–water partition coefficient (Wildman–Crippen LogP) is 2.73. The van der Waals surface area contributed by atoms with E-state index in [9.17, 15) is 4.21 Å². The fraction of sp³-hybridized carbons (Fsp3) is 0.700. The summed E-state index contributed by atoms with van der Waals surface area (Å²) in [4.78, 5) is 5.51. The standard InChI is InChI=1S/C20H30N4O2S2/c1-4-17-11-18-19(27-17)5-9-26-20(18)6-7-23(15(2)12-20)13-16-14-24(22-21-16)8-10-28(3)25/h11,14-15H,4-10,12-13H2,1-3H3. The van der Waals surface area contributed by atoms with E-state index in [1.165, 1.54) is 10.4 Å². The molecule has 154 valence electrons. The minimum absolute atomic E-state index is 0.101. The highest BCUT2D eigenvalue weighted by Gasteiger charge is 2.44. The van der Waals surface area contributed by atoms with Gasteiger partial charge in [-0.05, 0) is 37.8 Å². The van der Waals surface area contributed by atoms with Gasteiger partial charge in [0.15, 0.2) is 0 Å². The second-order valence-corrected chi connectivity index (χ2v) is 10.8. The van der Waals surface area contributed by atoms with Crippen LogP contribution in [-0.4, -0.2) is 55.3 Å². The molecule has 0 amide bonds. The number of fused-ring (bicyclic) bond motifs is 2. The monoisotopic (exact) mass is 422 g/mol. The maximum absolute atomic E-state index is 11.3. The first-order valence-electron chi connectivity index (χ1n) is 10.2. The van der Waals surface area contributed by atoms with Crippen LogP contribution < -0.4 is 0 Å². The molecule has 1 saturated heterocycles. The minimum atomic E-state index is -0.805. The van der Waals surface area contributed by atoms with Crippen LogP contribution in [0.3, 0.4) is 0 Å². The molecule has 3 atom stereocenters. The van der Waals surface area contributed by atoms with Gasteiger partial charge in [0.25, 0.3) is 0 Å². The lowest BCUT2D eigenvalue weighted by atomic mass is 9.79. The number of piperidine rings is 1. The summed E-state index contributed by atoms with van der Waals surface area (Å²) in [5.74, 6) is 0.617. The van der Waals surface area contributed by atoms with Crippen molar-refractivity contribution >= 4 is 22.1 Å². The molecule has 1 spiro atoms. The number of aromatic nitrogens is 3. The Morgan fingerprint density at radius 1 is 1.46 bits per heavy atom. The quantitative estimate of drug-likeness (QED) is 0.716. The largest absolute Gasteiger partial charge is 0.370 e. The Hall–Kier alpha value is -1.09. The third kappa shape index (κ3) is 4.10. The van der Waals surface area contributed by atoms with E-state index in [0.717, 1.165) is 51.1 Å². The number of nitrogens with zero attached hydrogens (tertiary/aromatic N) is 4. The smallest absolute Gasteiger partial charge is 0.0969 e. The third-order valence-electron chi connectivity index (χ3n) is 6.02. The van der Waals surface area contributed by atoms with Gasteiger partial charge in [0.1, 0.15) is 0 Å². The number of thiophene rings is 1. The van der Waals surface area contributed by atoms with Crippen LogP contribution in [0.4, 0.5) is 0 Å². The zero-order chi connectivity index (χ0) is 19.7. The molecule has 0 aromatic carbocycles. The van der Waals surface area contributed by atoms with Crippen LogP contribution in [0, 0.1) is 0 Å². The Morgan fingerprint density at radius 2 is 2.32 bits per heavy atom. The first-order chi connectivity index (χ1) is 13.5. The van der Waals surface area contributed by atoms with Crippen molar-refractivity contribution in [2.75, 3.05) is 25.2 Å². The van der Waals surface area contributed by atoms with Crippen LogP contribution >= 0.6 is 11.3 Å². The number of hydrogen-bond donors (Lipinski definition) is 0. The van der Waals surface area contributed by atoms with E-state index in [1.54, 1.807) is 15.8 Å². The molecule has 4 heterocycles. The highest BCUT2D eigenvalue weighted by Crippen LogP contribution is 2.46. The molecule has 0 aliphatic carbocycles. The van der Waals surface area contributed by atoms with E-state index in [-0.39, 0.29) is 5.60 Å². The van der Waals surface area contributed by atoms with Gasteiger partial charge in [0.2, 0.25) is 0 Å². The number of ether oxygens (including phenoxy) is 1. The summed E-state index contributed by atoms with van der Waals surface area (Å²) in [6.45, 7) is 7.85. The SMILES string of the molecule is CCc1cc2c(s1)CCOC21CCN(Cc2cn(CCS(C)=O)nn2)C(C)C1. The van der Waals surface area contributed by atoms with Crippen molar-refractivity contribution in [3.05, 3.63) is 33.3 Å². The van der Waals surface area contributed by atoms with E-state index in [0.29, 0.717) is 18.3 Å². The van der Waals surface area contributed by atoms with Crippen molar-refractivity contribution in [3.63, 3.8) is 0 Å². The first kappa shape index (κ1) is 20.2. The first-order valence-corrected chi connectivity index (χ1v) is 12.7. The van der Waals surface area contributed by atoms with Crippen molar-refractivity contribution in [1.82, 2.24) is 19.9 Å². The zero-order valence-electron chi connectivity index (χ0n) is 17.0. The minimum Gasteiger partial charge on any atom is -0.370 e. The van der Waals surface area contributed by atoms with Crippen molar-refractivity contribution < 1.29 is 8.95 Å². The predicted molar refractivity (Wildman–Crippen MR) is 113 cm³/mol. The molecule has 2 aliphatic heterocycles. The number of likely N-dealkylation sites (tertiary alicyclic amines) is 1. The van der Waals surface area contributed by atoms with Crippen LogP contribution in [-0.2, 0) is 47.1 Å². The van der Waals surface area contributed by atoms with Crippen LogP contribution in [0.25, 0.3) is 0 Å². The van der Waals surface area contributed by atoms with Gasteiger partial charge < -0.3 is 4.74 Å². The highest BCUT2D eigenvalue weighted by molar-refractivity contribution is 7.84. The molecule has 1 fully saturated rings. The van der Waals surface area contributed by atoms with Gasteiger partial charge in [-0.3, -0.25) is 13.8 Å². The summed E-state index contributed by atoms with van der Waals surface area (Å²) < 4.78 is 19.5. The molecule has 2 aromatic rings. The average molecular weight is 423 g/mol. The molecule has 2 aliphatic rings. The number of rotatable bonds is 6. The summed E-state index contributed by atoms with van der Waals surface area (Å²) in [5.41, 5.74) is 2.35. The topological polar surface area (TPSA) is 60.2 Å². The second kappa shape index (κ2) is 8.34. The van der Waals surface area contributed by atoms with Crippen LogP contribution in [0.2, 0.25) is 0 Å². The molecule has 6 nitrogen and oxygen atoms in total. The lowest BCUT2D eigenvalue weighted by Gasteiger charge is -2.47. The van der Waals surface area contributed by atoms with E-state index in [4.69, 9.17) is 4.74 Å². The van der Waals surface area contributed by atoms with Crippen molar-refractivity contribution in [2.24, 2.45) is 0 Å². The van der Waals surface area contributed by atoms with Crippen LogP contribution in [0.1, 0.15) is 47.7 Å². The molecule has 4 rings (SSSR count). The van der Waals surface area contributed by atoms with Crippen LogP contribution in [0.15, 0.2) is 12.3 Å². The molecule has 0 bridgehead atoms. The zero-order valence-corrected chi connectivity index (χ0v) is 18.7. The lowest BCUT2D eigenvalue weighted by molar-refractivity contribution is -0.112. The molecule has 3 unspecified atom stereocenters. The van der Waals surface area contributed by atoms with E-state index in [1.807, 2.05) is 17.5 Å². The Bertz CT molecular complexity index is 849. The van der Waals surface area contributed by atoms with E-state index in [2.05, 4.69) is 35.1 Å². The highest BCUT2D eigenvalue weighted by atomic mass is 32.2. The molecule has 2 aromatic heterocycles. The van der Waals surface area contributed by atoms with Crippen LogP contribution in [0.5, 0.6) is 0 Å². The van der Waals surface area contributed by atoms with Gasteiger partial charge in [-0.15, -0.1) is 16.4 Å². The van der Waals surface area contributed by atoms with E-state index < -0.39 is 10.8 Å². The van der Waals surface area contributed by atoms with Crippen molar-refractivity contribution in [1.29, 1.82) is 0 Å². The Morgan fingerprint density at radius 3 is 3.07 bits per heavy atom. The maximum atomic E-state index is 11.3. The lowest BCUT2D eigenvalue weighted by Crippen LogP contribution is -2.50. The van der Waals surface area contributed by atoms with Gasteiger partial charge in [-0.2, -0.15) is 0 Å². The fourth-order valence-electron chi connectivity index (χ4n) is 4.46. The normalized spacial score (nSPS) is 26.5. The maximum Gasteiger partial charge on any atom is 0.0969 e. The summed E-state index contributed by atoms with van der Waals surface area (Å²) in [7, 11) is -0.805. The summed E-state index contributed by atoms with van der Waals surface area (Å²) in [6.07, 6.45) is 7.95. The van der Waals surface area contributed by atoms with E-state index >= 15 is 0 Å². The number of aryl methyl sites for hydroxylation is 2. The summed E-state index contributed by atoms with van der Waals surface area (Å²) >= 11 is 1.98. The number of hydrogen-bond acceptors (Lipinski definition) is 6. The molecular formula is C20H30N4O2S2.